The first-order valence-electron chi connectivity index (χ1n) is 7.14. The van der Waals surface area contributed by atoms with Crippen LogP contribution in [-0.2, 0) is 0 Å². The van der Waals surface area contributed by atoms with Gasteiger partial charge in [0.05, 0.1) is 23.1 Å². The summed E-state index contributed by atoms with van der Waals surface area (Å²) in [7, 11) is 0. The van der Waals surface area contributed by atoms with E-state index < -0.39 is 0 Å². The lowest BCUT2D eigenvalue weighted by Crippen LogP contribution is -2.28. The molecule has 0 spiro atoms. The molecule has 1 saturated carbocycles. The third-order valence-electron chi connectivity index (χ3n) is 3.83. The van der Waals surface area contributed by atoms with Gasteiger partial charge in [-0.2, -0.15) is 5.10 Å². The minimum Gasteiger partial charge on any atom is -0.397 e. The van der Waals surface area contributed by atoms with Crippen LogP contribution in [0.3, 0.4) is 0 Å². The number of aromatic nitrogens is 2. The molecule has 1 fully saturated rings. The van der Waals surface area contributed by atoms with E-state index >= 15 is 0 Å². The zero-order valence-electron chi connectivity index (χ0n) is 11.7. The zero-order chi connectivity index (χ0) is 13.4. The van der Waals surface area contributed by atoms with Crippen LogP contribution in [0.15, 0.2) is 18.3 Å². The van der Waals surface area contributed by atoms with Crippen LogP contribution >= 0.6 is 0 Å². The van der Waals surface area contributed by atoms with Crippen molar-refractivity contribution in [3.63, 3.8) is 0 Å². The number of fused-ring (bicyclic) bond motifs is 1. The standard InChI is InChI=1S/C15H22N4/c1-10(2)5-6-19(12-3-4-12)15-8-14-11(7-13(15)16)9-17-18-14/h7-10,12H,3-6,16H2,1-2H3,(H,17,18). The van der Waals surface area contributed by atoms with E-state index in [1.807, 2.05) is 12.3 Å². The topological polar surface area (TPSA) is 57.9 Å². The van der Waals surface area contributed by atoms with E-state index in [0.29, 0.717) is 6.04 Å². The molecule has 1 aromatic carbocycles. The molecule has 4 heteroatoms. The molecule has 102 valence electrons. The fourth-order valence-corrected chi connectivity index (χ4v) is 2.53. The van der Waals surface area contributed by atoms with Crippen LogP contribution in [0.1, 0.15) is 33.1 Å². The maximum absolute atomic E-state index is 6.24. The van der Waals surface area contributed by atoms with Crippen molar-refractivity contribution >= 4 is 22.3 Å². The molecule has 0 radical (unpaired) electrons. The van der Waals surface area contributed by atoms with Gasteiger partial charge in [-0.1, -0.05) is 13.8 Å². The van der Waals surface area contributed by atoms with E-state index in [4.69, 9.17) is 5.73 Å². The Morgan fingerprint density at radius 1 is 1.42 bits per heavy atom. The summed E-state index contributed by atoms with van der Waals surface area (Å²) in [4.78, 5) is 2.48. The van der Waals surface area contributed by atoms with Gasteiger partial charge in [0, 0.05) is 18.0 Å². The van der Waals surface area contributed by atoms with Crippen LogP contribution in [0.25, 0.3) is 10.9 Å². The van der Waals surface area contributed by atoms with Gasteiger partial charge in [-0.15, -0.1) is 0 Å². The van der Waals surface area contributed by atoms with E-state index in [1.54, 1.807) is 0 Å². The number of rotatable bonds is 5. The number of aromatic amines is 1. The maximum Gasteiger partial charge on any atom is 0.0672 e. The molecule has 3 N–H and O–H groups in total. The number of hydrogen-bond acceptors (Lipinski definition) is 3. The Bertz CT molecular complexity index is 569. The molecule has 1 aliphatic carbocycles. The Kier molecular flexibility index (Phi) is 3.09. The van der Waals surface area contributed by atoms with Crippen molar-refractivity contribution in [2.75, 3.05) is 17.2 Å². The summed E-state index contributed by atoms with van der Waals surface area (Å²) >= 11 is 0. The smallest absolute Gasteiger partial charge is 0.0672 e. The largest absolute Gasteiger partial charge is 0.397 e. The molecule has 0 atom stereocenters. The molecule has 0 amide bonds. The molecular weight excluding hydrogens is 236 g/mol. The van der Waals surface area contributed by atoms with Gasteiger partial charge in [0.1, 0.15) is 0 Å². The number of hydrogen-bond donors (Lipinski definition) is 2. The molecule has 0 bridgehead atoms. The highest BCUT2D eigenvalue weighted by Gasteiger charge is 2.30. The quantitative estimate of drug-likeness (QED) is 0.810. The molecule has 2 aromatic rings. The van der Waals surface area contributed by atoms with Crippen LogP contribution in [-0.4, -0.2) is 22.8 Å². The minimum absolute atomic E-state index is 0.682. The lowest BCUT2D eigenvalue weighted by atomic mass is 10.1. The summed E-state index contributed by atoms with van der Waals surface area (Å²) in [6.07, 6.45) is 5.61. The van der Waals surface area contributed by atoms with Crippen molar-refractivity contribution in [2.45, 2.75) is 39.2 Å². The van der Waals surface area contributed by atoms with Gasteiger partial charge in [0.2, 0.25) is 0 Å². The third kappa shape index (κ3) is 2.53. The van der Waals surface area contributed by atoms with Crippen molar-refractivity contribution < 1.29 is 0 Å². The van der Waals surface area contributed by atoms with Crippen LogP contribution in [0.5, 0.6) is 0 Å². The van der Waals surface area contributed by atoms with Crippen LogP contribution in [0, 0.1) is 5.92 Å². The predicted molar refractivity (Wildman–Crippen MR) is 80.3 cm³/mol. The molecule has 0 saturated heterocycles. The molecule has 4 nitrogen and oxygen atoms in total. The average molecular weight is 258 g/mol. The molecule has 0 unspecified atom stereocenters. The highest BCUT2D eigenvalue weighted by atomic mass is 15.2. The van der Waals surface area contributed by atoms with Crippen molar-refractivity contribution in [3.8, 4) is 0 Å². The van der Waals surface area contributed by atoms with Gasteiger partial charge < -0.3 is 10.6 Å². The molecule has 3 rings (SSSR count). The van der Waals surface area contributed by atoms with Gasteiger partial charge >= 0.3 is 0 Å². The Morgan fingerprint density at radius 3 is 2.89 bits per heavy atom. The molecule has 0 aliphatic heterocycles. The van der Waals surface area contributed by atoms with E-state index in [9.17, 15) is 0 Å². The molecule has 19 heavy (non-hydrogen) atoms. The van der Waals surface area contributed by atoms with Crippen molar-refractivity contribution in [1.29, 1.82) is 0 Å². The second kappa shape index (κ2) is 4.76. The summed E-state index contributed by atoms with van der Waals surface area (Å²) in [5, 5.41) is 8.20. The van der Waals surface area contributed by atoms with Gasteiger partial charge in [-0.25, -0.2) is 0 Å². The monoisotopic (exact) mass is 258 g/mol. The van der Waals surface area contributed by atoms with Gasteiger partial charge in [0.25, 0.3) is 0 Å². The molecule has 1 heterocycles. The molecule has 1 aliphatic rings. The Hall–Kier alpha value is -1.71. The maximum atomic E-state index is 6.24. The predicted octanol–water partition coefficient (Wildman–Crippen LogP) is 3.16. The van der Waals surface area contributed by atoms with E-state index in [1.165, 1.54) is 24.9 Å². The first kappa shape index (κ1) is 12.3. The zero-order valence-corrected chi connectivity index (χ0v) is 11.7. The fraction of sp³-hybridized carbons (Fsp3) is 0.533. The number of nitrogens with zero attached hydrogens (tertiary/aromatic N) is 2. The second-order valence-corrected chi connectivity index (χ2v) is 5.98. The first-order chi connectivity index (χ1) is 9.15. The summed E-state index contributed by atoms with van der Waals surface area (Å²) in [5.74, 6) is 0.721. The first-order valence-corrected chi connectivity index (χ1v) is 7.14. The molecule has 1 aromatic heterocycles. The average Bonchev–Trinajstić information content (AvgIpc) is 3.09. The highest BCUT2D eigenvalue weighted by molar-refractivity contribution is 5.89. The van der Waals surface area contributed by atoms with Gasteiger partial charge in [0.15, 0.2) is 0 Å². The number of benzene rings is 1. The summed E-state index contributed by atoms with van der Waals surface area (Å²) in [6.45, 7) is 5.63. The lowest BCUT2D eigenvalue weighted by Gasteiger charge is -2.27. The van der Waals surface area contributed by atoms with Crippen molar-refractivity contribution in [2.24, 2.45) is 5.92 Å². The molecular formula is C15H22N4. The van der Waals surface area contributed by atoms with Gasteiger partial charge in [-0.05, 0) is 37.3 Å². The fourth-order valence-electron chi connectivity index (χ4n) is 2.53. The Balaban J connectivity index is 1.92. The Morgan fingerprint density at radius 2 is 2.21 bits per heavy atom. The number of nitrogens with one attached hydrogen (secondary N) is 1. The number of nitrogens with two attached hydrogens (primary N) is 1. The van der Waals surface area contributed by atoms with Crippen LogP contribution < -0.4 is 10.6 Å². The van der Waals surface area contributed by atoms with E-state index in [2.05, 4.69) is 35.0 Å². The highest BCUT2D eigenvalue weighted by Crippen LogP contribution is 2.36. The van der Waals surface area contributed by atoms with Gasteiger partial charge in [-0.3, -0.25) is 5.10 Å². The Labute approximate surface area is 114 Å². The normalized spacial score (nSPS) is 15.3. The summed E-state index contributed by atoms with van der Waals surface area (Å²) < 4.78 is 0. The third-order valence-corrected chi connectivity index (χ3v) is 3.83. The SMILES string of the molecule is CC(C)CCN(c1cc2[nH]ncc2cc1N)C1CC1. The second-order valence-electron chi connectivity index (χ2n) is 5.98. The van der Waals surface area contributed by atoms with Crippen LogP contribution in [0.2, 0.25) is 0 Å². The summed E-state index contributed by atoms with van der Waals surface area (Å²) in [5.41, 5.74) is 9.34. The van der Waals surface area contributed by atoms with E-state index in [0.717, 1.165) is 29.1 Å². The van der Waals surface area contributed by atoms with Crippen LogP contribution in [0.4, 0.5) is 11.4 Å². The summed E-state index contributed by atoms with van der Waals surface area (Å²) in [6, 6.07) is 4.86. The van der Waals surface area contributed by atoms with Crippen molar-refractivity contribution in [3.05, 3.63) is 18.3 Å². The van der Waals surface area contributed by atoms with E-state index in [-0.39, 0.29) is 0 Å². The van der Waals surface area contributed by atoms with Crippen molar-refractivity contribution in [1.82, 2.24) is 10.2 Å². The number of H-pyrrole nitrogens is 1. The lowest BCUT2D eigenvalue weighted by molar-refractivity contribution is 0.571. The minimum atomic E-state index is 0.682. The number of anilines is 2. The number of nitrogen functional groups attached to an aromatic ring is 1.